The summed E-state index contributed by atoms with van der Waals surface area (Å²) in [4.78, 5) is 101. The van der Waals surface area contributed by atoms with Gasteiger partial charge in [-0.25, -0.2) is 44.9 Å². The third kappa shape index (κ3) is 19.0. The van der Waals surface area contributed by atoms with E-state index >= 15 is 0 Å². The molecule has 144 heavy (non-hydrogen) atoms. The highest BCUT2D eigenvalue weighted by Crippen LogP contribution is 2.41. The predicted molar refractivity (Wildman–Crippen MR) is 577 cm³/mol. The molecule has 0 aliphatic rings. The van der Waals surface area contributed by atoms with Crippen molar-refractivity contribution in [3.05, 3.63) is 428 Å². The van der Waals surface area contributed by atoms with Crippen molar-refractivity contribution in [2.75, 3.05) is 0 Å². The normalized spacial score (nSPS) is 11.3. The lowest BCUT2D eigenvalue weighted by atomic mass is 9.97. The second-order valence-corrected chi connectivity index (χ2v) is 35.7. The average Bonchev–Trinajstić information content (AvgIpc) is 0.778. The van der Waals surface area contributed by atoms with Crippen LogP contribution in [0.3, 0.4) is 0 Å². The van der Waals surface area contributed by atoms with Crippen LogP contribution in [0.15, 0.2) is 383 Å². The summed E-state index contributed by atoms with van der Waals surface area (Å²) in [5, 5.41) is 8.34. The minimum Gasteiger partial charge on any atom is -0.255 e. The molecule has 16 heterocycles. The smallest absolute Gasteiger partial charge is 0.182 e. The Morgan fingerprint density at radius 2 is 0.438 bits per heavy atom. The molecule has 688 valence electrons. The van der Waals surface area contributed by atoms with Crippen LogP contribution in [-0.2, 0) is 0 Å². The minimum atomic E-state index is 0.334. The number of nitrogens with zero attached hydrogens (tertiary/aromatic N) is 21. The zero-order valence-corrected chi connectivity index (χ0v) is 80.3. The molecule has 25 aromatic rings. The Bertz CT molecular complexity index is 8680. The van der Waals surface area contributed by atoms with E-state index in [4.69, 9.17) is 84.7 Å². The topological polar surface area (TPSA) is 271 Å². The molecule has 0 unspecified atom stereocenters. The van der Waals surface area contributed by atoms with Crippen molar-refractivity contribution >= 4 is 87.2 Å². The lowest BCUT2D eigenvalue weighted by Gasteiger charge is -2.13. The van der Waals surface area contributed by atoms with Gasteiger partial charge in [-0.3, -0.25) is 59.8 Å². The first-order chi connectivity index (χ1) is 70.5. The lowest BCUT2D eigenvalue weighted by molar-refractivity contribution is 0.830. The summed E-state index contributed by atoms with van der Waals surface area (Å²) in [7, 11) is 0. The third-order valence-electron chi connectivity index (χ3n) is 25.0. The number of fused-ring (bicyclic) bond motifs is 12. The number of benzene rings is 9. The van der Waals surface area contributed by atoms with E-state index < -0.39 is 0 Å². The first-order valence-electron chi connectivity index (χ1n) is 47.7. The lowest BCUT2D eigenvalue weighted by Crippen LogP contribution is -2.02. The summed E-state index contributed by atoms with van der Waals surface area (Å²) < 4.78 is 0. The molecule has 21 nitrogen and oxygen atoms in total. The molecule has 0 fully saturated rings. The van der Waals surface area contributed by atoms with Crippen LogP contribution >= 0.6 is 0 Å². The van der Waals surface area contributed by atoms with Crippen LogP contribution in [0.2, 0.25) is 0 Å². The first-order valence-corrected chi connectivity index (χ1v) is 47.7. The van der Waals surface area contributed by atoms with Gasteiger partial charge in [0, 0.05) is 158 Å². The minimum absolute atomic E-state index is 0.334. The first kappa shape index (κ1) is 90.3. The second kappa shape index (κ2) is 39.5. The highest BCUT2D eigenvalue weighted by molar-refractivity contribution is 6.12. The number of aromatic nitrogens is 21. The van der Waals surface area contributed by atoms with Crippen molar-refractivity contribution in [1.29, 1.82) is 0 Å². The zero-order chi connectivity index (χ0) is 97.8. The highest BCUT2D eigenvalue weighted by Gasteiger charge is 2.24. The van der Waals surface area contributed by atoms with Gasteiger partial charge >= 0.3 is 0 Å². The molecular weight excluding hydrogens is 1770 g/mol. The standard InChI is InChI=1S/C35H25N5.C31H25N5.C29H21N5.C28H20N6/c1-22-11-12-27-17-18-28-29(20-23(2)38-34(28)33(27)37-22)24-13-15-26(16-14-24)32-21-31(25-8-4-3-5-9-25)39-35(40-32)30-10-6-7-19-36-30;1-19(2)25-15-13-22-12-14-23-24(17-20(3)33-30(23)29(22)34-25)31-35-27(21-9-5-4-6-10-21)18-28(36-31)26-11-7-8-16-32-26;1-18-11-12-21-13-14-22-23(16-19(2)32-28(22)27(21)31-18)26-17-25(20-8-4-3-5-9-20)33-29(34-26)24-10-6-7-15-30-24;1-17-11-12-19-13-14-21-22(16-18(2)31-25(21)24(19)30-17)27-32-26(20-8-4-3-5-9-20)33-28(34-27)23-10-6-7-15-29-23/h3-21H,1-2H3;4-19H,1-3H3;3-17H,1-2H3;3-16H,1-2H3. The maximum atomic E-state index is 5.03. The summed E-state index contributed by atoms with van der Waals surface area (Å²) in [6.07, 6.45) is 7.06. The van der Waals surface area contributed by atoms with Crippen LogP contribution < -0.4 is 0 Å². The van der Waals surface area contributed by atoms with Crippen molar-refractivity contribution in [3.63, 3.8) is 0 Å². The van der Waals surface area contributed by atoms with Gasteiger partial charge in [0.15, 0.2) is 34.9 Å². The van der Waals surface area contributed by atoms with Gasteiger partial charge in [0.1, 0.15) is 17.1 Å². The molecule has 0 bridgehead atoms. The van der Waals surface area contributed by atoms with Gasteiger partial charge in [-0.2, -0.15) is 0 Å². The summed E-state index contributed by atoms with van der Waals surface area (Å²) >= 11 is 0. The molecule has 0 N–H and O–H groups in total. The number of pyridine rings is 12. The van der Waals surface area contributed by atoms with Gasteiger partial charge in [-0.15, -0.1) is 0 Å². The SMILES string of the molecule is Cc1cc(-c2nc(-c3ccccc3)cc(-c3ccccn3)n2)c2ccc3ccc(C(C)C)nc3c2n1.Cc1ccc2ccc3c(-c4cc(-c5ccccc5)nc(-c5ccccn5)n4)cc(C)nc3c2n1.Cc1ccc2ccc3c(-c4ccc(-c5cc(-c6ccccc6)nc(-c6ccccn6)n5)cc4)cc(C)nc3c2n1.Cc1ccc2ccc3c(-c4nc(-c5ccccc5)nc(-c5ccccn5)n4)cc(C)nc3c2n1. The number of hydrogen-bond donors (Lipinski definition) is 0. The summed E-state index contributed by atoms with van der Waals surface area (Å²) in [5.41, 5.74) is 32.9. The van der Waals surface area contributed by atoms with Crippen molar-refractivity contribution in [2.45, 2.75) is 68.2 Å². The fourth-order valence-corrected chi connectivity index (χ4v) is 18.0. The monoisotopic (exact) mass is 1860 g/mol. The van der Waals surface area contributed by atoms with E-state index in [1.807, 2.05) is 249 Å². The van der Waals surface area contributed by atoms with Crippen LogP contribution in [-0.4, -0.2) is 105 Å². The Kier molecular flexibility index (Phi) is 24.8. The number of rotatable bonds is 14. The maximum absolute atomic E-state index is 5.03. The molecule has 0 amide bonds. The van der Waals surface area contributed by atoms with Gasteiger partial charge in [-0.1, -0.05) is 257 Å². The fourth-order valence-electron chi connectivity index (χ4n) is 18.0. The zero-order valence-electron chi connectivity index (χ0n) is 80.3. The van der Waals surface area contributed by atoms with Gasteiger partial charge < -0.3 is 0 Å². The highest BCUT2D eigenvalue weighted by atomic mass is 15.1. The molecule has 0 saturated carbocycles. The van der Waals surface area contributed by atoms with Crippen molar-refractivity contribution < 1.29 is 0 Å². The van der Waals surface area contributed by atoms with Gasteiger partial charge in [-0.05, 0) is 181 Å². The molecule has 0 aliphatic heterocycles. The van der Waals surface area contributed by atoms with Crippen LogP contribution in [0, 0.1) is 48.5 Å². The van der Waals surface area contributed by atoms with E-state index in [0.29, 0.717) is 46.6 Å². The quantitative estimate of drug-likeness (QED) is 0.0915. The van der Waals surface area contributed by atoms with Gasteiger partial charge in [0.25, 0.3) is 0 Å². The third-order valence-corrected chi connectivity index (χ3v) is 25.0. The molecule has 0 atom stereocenters. The number of hydrogen-bond acceptors (Lipinski definition) is 21. The van der Waals surface area contributed by atoms with Crippen LogP contribution in [0.25, 0.3) is 235 Å². The van der Waals surface area contributed by atoms with E-state index in [9.17, 15) is 0 Å². The van der Waals surface area contributed by atoms with E-state index in [1.165, 1.54) is 0 Å². The Labute approximate surface area is 830 Å². The van der Waals surface area contributed by atoms with Gasteiger partial charge in [0.05, 0.1) is 84.0 Å². The Morgan fingerprint density at radius 3 is 0.847 bits per heavy atom. The van der Waals surface area contributed by atoms with E-state index in [0.717, 1.165) is 240 Å². The molecule has 21 heteroatoms. The van der Waals surface area contributed by atoms with E-state index in [1.54, 1.807) is 24.8 Å². The van der Waals surface area contributed by atoms with Crippen molar-refractivity contribution in [3.8, 4) is 148 Å². The van der Waals surface area contributed by atoms with Crippen molar-refractivity contribution in [1.82, 2.24) is 105 Å². The summed E-state index contributed by atoms with van der Waals surface area (Å²) in [5.74, 6) is 3.89. The molecule has 0 saturated heterocycles. The molecule has 25 rings (SSSR count). The molecule has 0 radical (unpaired) electrons. The molecule has 16 aromatic heterocycles. The summed E-state index contributed by atoms with van der Waals surface area (Å²) in [6, 6.07) is 120. The van der Waals surface area contributed by atoms with E-state index in [2.05, 4.69) is 192 Å². The Balaban J connectivity index is 0.000000110. The van der Waals surface area contributed by atoms with Crippen LogP contribution in [0.1, 0.15) is 65.3 Å². The molecule has 0 spiro atoms. The van der Waals surface area contributed by atoms with Crippen LogP contribution in [0.4, 0.5) is 0 Å². The number of aryl methyl sites for hydroxylation is 7. The van der Waals surface area contributed by atoms with Gasteiger partial charge in [0.2, 0.25) is 0 Å². The van der Waals surface area contributed by atoms with Crippen molar-refractivity contribution in [2.24, 2.45) is 0 Å². The predicted octanol–water partition coefficient (Wildman–Crippen LogP) is 28.2. The fraction of sp³-hybridized carbons (Fsp3) is 0.0813. The molecular formula is C123H91N21. The second-order valence-electron chi connectivity index (χ2n) is 35.7. The maximum Gasteiger partial charge on any atom is 0.182 e. The molecule has 0 aliphatic carbocycles. The average molecular weight is 1860 g/mol. The van der Waals surface area contributed by atoms with Crippen LogP contribution in [0.5, 0.6) is 0 Å². The summed E-state index contributed by atoms with van der Waals surface area (Å²) in [6.45, 7) is 18.4. The van der Waals surface area contributed by atoms with E-state index in [-0.39, 0.29) is 0 Å². The molecule has 9 aromatic carbocycles. The Morgan fingerprint density at radius 1 is 0.160 bits per heavy atom. The Hall–Kier alpha value is -18.9. The largest absolute Gasteiger partial charge is 0.255 e.